The molecule has 1 rings (SSSR count). The Morgan fingerprint density at radius 1 is 1.44 bits per heavy atom. The van der Waals surface area contributed by atoms with Gasteiger partial charge in [0.1, 0.15) is 0 Å². The van der Waals surface area contributed by atoms with Crippen molar-refractivity contribution in [2.45, 2.75) is 59.5 Å². The highest BCUT2D eigenvalue weighted by molar-refractivity contribution is 6.31. The third-order valence-electron chi connectivity index (χ3n) is 3.51. The van der Waals surface area contributed by atoms with E-state index in [-0.39, 0.29) is 6.04 Å². The minimum atomic E-state index is 0.249. The molecule has 0 aliphatic rings. The lowest BCUT2D eigenvalue weighted by Crippen LogP contribution is -2.38. The SMILES string of the molecule is CCC(C)CC(Cc1c(Cl)c(C)nn1CC)NN. The maximum Gasteiger partial charge on any atom is 0.0847 e. The highest BCUT2D eigenvalue weighted by atomic mass is 35.5. The predicted octanol–water partition coefficient (Wildman–Crippen LogP) is 2.68. The fourth-order valence-electron chi connectivity index (χ4n) is 2.16. The lowest BCUT2D eigenvalue weighted by Gasteiger charge is -2.20. The van der Waals surface area contributed by atoms with E-state index < -0.39 is 0 Å². The van der Waals surface area contributed by atoms with Crippen LogP contribution >= 0.6 is 11.6 Å². The molecule has 1 aromatic heterocycles. The number of rotatable bonds is 7. The van der Waals surface area contributed by atoms with Crippen LogP contribution in [0.5, 0.6) is 0 Å². The topological polar surface area (TPSA) is 55.9 Å². The molecule has 0 amide bonds. The van der Waals surface area contributed by atoms with Gasteiger partial charge in [0.05, 0.1) is 16.4 Å². The van der Waals surface area contributed by atoms with Crippen molar-refractivity contribution in [3.63, 3.8) is 0 Å². The van der Waals surface area contributed by atoms with E-state index in [1.54, 1.807) is 0 Å². The number of hydrazine groups is 1. The number of nitrogens with two attached hydrogens (primary N) is 1. The van der Waals surface area contributed by atoms with Crippen LogP contribution in [0.3, 0.4) is 0 Å². The quantitative estimate of drug-likeness (QED) is 0.593. The molecule has 104 valence electrons. The fourth-order valence-corrected chi connectivity index (χ4v) is 2.37. The second-order valence-electron chi connectivity index (χ2n) is 4.98. The maximum absolute atomic E-state index is 6.31. The van der Waals surface area contributed by atoms with Crippen LogP contribution in [0, 0.1) is 12.8 Å². The molecule has 5 heteroatoms. The van der Waals surface area contributed by atoms with Gasteiger partial charge in [0.2, 0.25) is 0 Å². The van der Waals surface area contributed by atoms with E-state index in [1.165, 1.54) is 0 Å². The molecule has 0 aromatic carbocycles. The van der Waals surface area contributed by atoms with Crippen LogP contribution in [0.2, 0.25) is 5.02 Å². The van der Waals surface area contributed by atoms with E-state index in [1.807, 2.05) is 11.6 Å². The summed E-state index contributed by atoms with van der Waals surface area (Å²) in [7, 11) is 0. The Labute approximate surface area is 115 Å². The molecule has 0 radical (unpaired) electrons. The van der Waals surface area contributed by atoms with E-state index >= 15 is 0 Å². The number of hydrogen-bond donors (Lipinski definition) is 2. The molecular formula is C13H25ClN4. The van der Waals surface area contributed by atoms with E-state index in [4.69, 9.17) is 17.4 Å². The van der Waals surface area contributed by atoms with Gasteiger partial charge in [0.25, 0.3) is 0 Å². The van der Waals surface area contributed by atoms with Crippen LogP contribution in [0.25, 0.3) is 0 Å². The molecule has 3 N–H and O–H groups in total. The zero-order valence-corrected chi connectivity index (χ0v) is 12.6. The van der Waals surface area contributed by atoms with Crippen molar-refractivity contribution in [2.75, 3.05) is 0 Å². The second-order valence-corrected chi connectivity index (χ2v) is 5.36. The third-order valence-corrected chi connectivity index (χ3v) is 4.00. The summed E-state index contributed by atoms with van der Waals surface area (Å²) in [5.41, 5.74) is 4.89. The standard InChI is InChI=1S/C13H25ClN4/c1-5-9(3)7-11(16-15)8-12-13(14)10(4)17-18(12)6-2/h9,11,16H,5-8,15H2,1-4H3. The number of aryl methyl sites for hydroxylation is 2. The van der Waals surface area contributed by atoms with E-state index in [9.17, 15) is 0 Å². The summed E-state index contributed by atoms with van der Waals surface area (Å²) in [6.07, 6.45) is 3.05. The summed E-state index contributed by atoms with van der Waals surface area (Å²) in [6.45, 7) is 9.30. The molecule has 0 fully saturated rings. The van der Waals surface area contributed by atoms with Crippen molar-refractivity contribution < 1.29 is 0 Å². The maximum atomic E-state index is 6.31. The predicted molar refractivity (Wildman–Crippen MR) is 76.5 cm³/mol. The molecular weight excluding hydrogens is 248 g/mol. The zero-order chi connectivity index (χ0) is 13.7. The summed E-state index contributed by atoms with van der Waals surface area (Å²) in [6, 6.07) is 0.249. The summed E-state index contributed by atoms with van der Waals surface area (Å²) in [5, 5.41) is 5.21. The molecule has 0 saturated carbocycles. The van der Waals surface area contributed by atoms with E-state index in [2.05, 4.69) is 31.3 Å². The molecule has 0 spiro atoms. The normalized spacial score (nSPS) is 14.8. The first-order valence-corrected chi connectivity index (χ1v) is 7.09. The number of nitrogens with zero attached hydrogens (tertiary/aromatic N) is 2. The van der Waals surface area contributed by atoms with Gasteiger partial charge in [0.15, 0.2) is 0 Å². The number of aromatic nitrogens is 2. The molecule has 1 heterocycles. The highest BCUT2D eigenvalue weighted by Gasteiger charge is 2.18. The van der Waals surface area contributed by atoms with Gasteiger partial charge in [-0.1, -0.05) is 31.9 Å². The van der Waals surface area contributed by atoms with Crippen molar-refractivity contribution in [3.05, 3.63) is 16.4 Å². The summed E-state index contributed by atoms with van der Waals surface area (Å²) in [5.74, 6) is 6.31. The minimum absolute atomic E-state index is 0.249. The molecule has 2 unspecified atom stereocenters. The molecule has 2 atom stereocenters. The summed E-state index contributed by atoms with van der Waals surface area (Å²) >= 11 is 6.31. The molecule has 0 saturated heterocycles. The van der Waals surface area contributed by atoms with Gasteiger partial charge in [0, 0.05) is 19.0 Å². The third kappa shape index (κ3) is 3.70. The summed E-state index contributed by atoms with van der Waals surface area (Å²) in [4.78, 5) is 0. The van der Waals surface area contributed by atoms with Gasteiger partial charge in [-0.15, -0.1) is 0 Å². The first-order valence-electron chi connectivity index (χ1n) is 6.71. The second kappa shape index (κ2) is 7.12. The van der Waals surface area contributed by atoms with Gasteiger partial charge < -0.3 is 0 Å². The largest absolute Gasteiger partial charge is 0.271 e. The number of hydrogen-bond acceptors (Lipinski definition) is 3. The monoisotopic (exact) mass is 272 g/mol. The van der Waals surface area contributed by atoms with Crippen molar-refractivity contribution in [3.8, 4) is 0 Å². The van der Waals surface area contributed by atoms with Gasteiger partial charge in [-0.05, 0) is 26.2 Å². The van der Waals surface area contributed by atoms with Crippen LogP contribution in [0.1, 0.15) is 45.0 Å². The molecule has 1 aromatic rings. The lowest BCUT2D eigenvalue weighted by molar-refractivity contribution is 0.389. The van der Waals surface area contributed by atoms with Crippen LogP contribution in [0.4, 0.5) is 0 Å². The van der Waals surface area contributed by atoms with Gasteiger partial charge in [-0.2, -0.15) is 5.10 Å². The van der Waals surface area contributed by atoms with E-state index in [0.717, 1.165) is 42.2 Å². The zero-order valence-electron chi connectivity index (χ0n) is 11.8. The molecule has 4 nitrogen and oxygen atoms in total. The van der Waals surface area contributed by atoms with Crippen LogP contribution < -0.4 is 11.3 Å². The fraction of sp³-hybridized carbons (Fsp3) is 0.769. The van der Waals surface area contributed by atoms with Crippen LogP contribution in [-0.2, 0) is 13.0 Å². The Hall–Kier alpha value is -0.580. The highest BCUT2D eigenvalue weighted by Crippen LogP contribution is 2.23. The minimum Gasteiger partial charge on any atom is -0.271 e. The first-order chi connectivity index (χ1) is 8.53. The van der Waals surface area contributed by atoms with Crippen molar-refractivity contribution in [2.24, 2.45) is 11.8 Å². The Morgan fingerprint density at radius 3 is 2.61 bits per heavy atom. The first kappa shape index (κ1) is 15.5. The average molecular weight is 273 g/mol. The van der Waals surface area contributed by atoms with E-state index in [0.29, 0.717) is 5.92 Å². The molecule has 0 bridgehead atoms. The molecule has 0 aliphatic carbocycles. The van der Waals surface area contributed by atoms with Crippen LogP contribution in [-0.4, -0.2) is 15.8 Å². The Morgan fingerprint density at radius 2 is 2.11 bits per heavy atom. The van der Waals surface area contributed by atoms with Crippen molar-refractivity contribution >= 4 is 11.6 Å². The average Bonchev–Trinajstić information content (AvgIpc) is 2.65. The van der Waals surface area contributed by atoms with Gasteiger partial charge in [-0.25, -0.2) is 0 Å². The Bertz CT molecular complexity index is 375. The molecule has 18 heavy (non-hydrogen) atoms. The Balaban J connectivity index is 2.81. The summed E-state index contributed by atoms with van der Waals surface area (Å²) < 4.78 is 1.97. The number of halogens is 1. The van der Waals surface area contributed by atoms with Gasteiger partial charge >= 0.3 is 0 Å². The van der Waals surface area contributed by atoms with Crippen molar-refractivity contribution in [1.82, 2.24) is 15.2 Å². The lowest BCUT2D eigenvalue weighted by atomic mass is 9.96. The van der Waals surface area contributed by atoms with Crippen LogP contribution in [0.15, 0.2) is 0 Å². The number of nitrogens with one attached hydrogen (secondary N) is 1. The van der Waals surface area contributed by atoms with Gasteiger partial charge in [-0.3, -0.25) is 16.0 Å². The Kier molecular flexibility index (Phi) is 6.12. The smallest absolute Gasteiger partial charge is 0.0847 e. The molecule has 0 aliphatic heterocycles. The van der Waals surface area contributed by atoms with Crippen molar-refractivity contribution in [1.29, 1.82) is 0 Å².